The first-order chi connectivity index (χ1) is 8.13. The Morgan fingerprint density at radius 2 is 2.06 bits per heavy atom. The molecule has 0 bridgehead atoms. The predicted octanol–water partition coefficient (Wildman–Crippen LogP) is 0.921. The van der Waals surface area contributed by atoms with E-state index >= 15 is 0 Å². The van der Waals surface area contributed by atoms with Gasteiger partial charge in [-0.1, -0.05) is 26.2 Å². The Morgan fingerprint density at radius 1 is 1.41 bits per heavy atom. The van der Waals surface area contributed by atoms with Gasteiger partial charge in [0, 0.05) is 22.1 Å². The first-order valence-electron chi connectivity index (χ1n) is 6.50. The topological polar surface area (TPSA) is 72.2 Å². The third-order valence-electron chi connectivity index (χ3n) is 3.27. The van der Waals surface area contributed by atoms with Crippen LogP contribution in [-0.4, -0.2) is 33.7 Å². The van der Waals surface area contributed by atoms with E-state index in [9.17, 15) is 9.00 Å². The summed E-state index contributed by atoms with van der Waals surface area (Å²) in [7, 11) is -1.09. The van der Waals surface area contributed by atoms with Gasteiger partial charge in [-0.05, 0) is 25.8 Å². The van der Waals surface area contributed by atoms with E-state index in [-0.39, 0.29) is 16.9 Å². The standard InChI is InChI=1S/C12H24N2O2S/c1-10(7-8-13)17(16)9-12(15)14-11-5-3-2-4-6-11/h10-11H,2-9,13H2,1H3,(H,14,15). The molecule has 0 aromatic carbocycles. The summed E-state index contributed by atoms with van der Waals surface area (Å²) in [6.07, 6.45) is 6.50. The second-order valence-corrected chi connectivity index (χ2v) is 6.67. The maximum absolute atomic E-state index is 11.8. The molecule has 1 aliphatic carbocycles. The fraction of sp³-hybridized carbons (Fsp3) is 0.917. The van der Waals surface area contributed by atoms with E-state index in [0.717, 1.165) is 12.8 Å². The van der Waals surface area contributed by atoms with Crippen molar-refractivity contribution in [2.45, 2.75) is 56.7 Å². The average molecular weight is 260 g/mol. The van der Waals surface area contributed by atoms with Crippen LogP contribution in [0.5, 0.6) is 0 Å². The van der Waals surface area contributed by atoms with Gasteiger partial charge in [0.15, 0.2) is 0 Å². The highest BCUT2D eigenvalue weighted by Crippen LogP contribution is 2.17. The molecule has 1 fully saturated rings. The molecule has 17 heavy (non-hydrogen) atoms. The minimum atomic E-state index is -1.09. The molecule has 0 saturated heterocycles. The zero-order valence-corrected chi connectivity index (χ0v) is 11.4. The van der Waals surface area contributed by atoms with Crippen LogP contribution >= 0.6 is 0 Å². The van der Waals surface area contributed by atoms with Crippen LogP contribution in [0.25, 0.3) is 0 Å². The highest BCUT2D eigenvalue weighted by atomic mass is 32.2. The Morgan fingerprint density at radius 3 is 2.65 bits per heavy atom. The van der Waals surface area contributed by atoms with Crippen LogP contribution in [0, 0.1) is 0 Å². The van der Waals surface area contributed by atoms with Crippen LogP contribution in [-0.2, 0) is 15.6 Å². The van der Waals surface area contributed by atoms with E-state index in [1.807, 2.05) is 6.92 Å². The molecule has 1 saturated carbocycles. The van der Waals surface area contributed by atoms with Gasteiger partial charge in [0.2, 0.25) is 5.91 Å². The Bertz CT molecular complexity index is 265. The minimum absolute atomic E-state index is 0.0112. The lowest BCUT2D eigenvalue weighted by Gasteiger charge is -2.22. The molecular weight excluding hydrogens is 236 g/mol. The second-order valence-electron chi connectivity index (χ2n) is 4.82. The van der Waals surface area contributed by atoms with Crippen molar-refractivity contribution in [2.24, 2.45) is 5.73 Å². The van der Waals surface area contributed by atoms with E-state index in [1.165, 1.54) is 19.3 Å². The maximum Gasteiger partial charge on any atom is 0.232 e. The molecule has 0 spiro atoms. The Balaban J connectivity index is 2.25. The number of carbonyl (C=O) groups is 1. The van der Waals surface area contributed by atoms with Crippen molar-refractivity contribution in [3.8, 4) is 0 Å². The van der Waals surface area contributed by atoms with E-state index in [0.29, 0.717) is 19.0 Å². The predicted molar refractivity (Wildman–Crippen MR) is 71.2 cm³/mol. The monoisotopic (exact) mass is 260 g/mol. The van der Waals surface area contributed by atoms with Crippen molar-refractivity contribution in [1.29, 1.82) is 0 Å². The largest absolute Gasteiger partial charge is 0.353 e. The zero-order chi connectivity index (χ0) is 12.7. The third-order valence-corrected chi connectivity index (χ3v) is 4.95. The normalized spacial score (nSPS) is 20.8. The average Bonchev–Trinajstić information content (AvgIpc) is 2.30. The van der Waals surface area contributed by atoms with Crippen molar-refractivity contribution in [1.82, 2.24) is 5.32 Å². The number of nitrogens with one attached hydrogen (secondary N) is 1. The molecule has 0 radical (unpaired) electrons. The molecule has 100 valence electrons. The Hall–Kier alpha value is -0.420. The molecule has 1 amide bonds. The third kappa shape index (κ3) is 5.64. The lowest BCUT2D eigenvalue weighted by molar-refractivity contribution is -0.119. The molecular formula is C12H24N2O2S. The van der Waals surface area contributed by atoms with Gasteiger partial charge in [0.05, 0.1) is 0 Å². The van der Waals surface area contributed by atoms with Gasteiger partial charge < -0.3 is 11.1 Å². The van der Waals surface area contributed by atoms with Crippen LogP contribution in [0.15, 0.2) is 0 Å². The van der Waals surface area contributed by atoms with Crippen LogP contribution in [0.3, 0.4) is 0 Å². The molecule has 4 nitrogen and oxygen atoms in total. The summed E-state index contributed by atoms with van der Waals surface area (Å²) in [4.78, 5) is 11.7. The number of rotatable bonds is 6. The molecule has 0 aromatic heterocycles. The summed E-state index contributed by atoms with van der Waals surface area (Å²) < 4.78 is 11.8. The minimum Gasteiger partial charge on any atom is -0.353 e. The maximum atomic E-state index is 11.8. The number of carbonyl (C=O) groups excluding carboxylic acids is 1. The van der Waals surface area contributed by atoms with Crippen LogP contribution < -0.4 is 11.1 Å². The molecule has 2 unspecified atom stereocenters. The molecule has 1 rings (SSSR count). The van der Waals surface area contributed by atoms with Crippen molar-refractivity contribution in [2.75, 3.05) is 12.3 Å². The smallest absolute Gasteiger partial charge is 0.232 e. The zero-order valence-electron chi connectivity index (χ0n) is 10.6. The highest BCUT2D eigenvalue weighted by Gasteiger charge is 2.19. The summed E-state index contributed by atoms with van der Waals surface area (Å²) in [6.45, 7) is 2.41. The van der Waals surface area contributed by atoms with Gasteiger partial charge in [-0.2, -0.15) is 0 Å². The van der Waals surface area contributed by atoms with Gasteiger partial charge in [-0.25, -0.2) is 0 Å². The summed E-state index contributed by atoms with van der Waals surface area (Å²) in [5, 5.41) is 2.99. The van der Waals surface area contributed by atoms with Crippen molar-refractivity contribution in [3.05, 3.63) is 0 Å². The molecule has 0 aliphatic heterocycles. The molecule has 0 aromatic rings. The quantitative estimate of drug-likeness (QED) is 0.746. The first kappa shape index (κ1) is 14.6. The first-order valence-corrected chi connectivity index (χ1v) is 7.88. The summed E-state index contributed by atoms with van der Waals surface area (Å²) >= 11 is 0. The number of amides is 1. The lowest BCUT2D eigenvalue weighted by atomic mass is 9.95. The van der Waals surface area contributed by atoms with Crippen molar-refractivity contribution >= 4 is 16.7 Å². The fourth-order valence-electron chi connectivity index (χ4n) is 2.15. The number of hydrogen-bond donors (Lipinski definition) is 2. The summed E-state index contributed by atoms with van der Waals surface area (Å²) in [6, 6.07) is 0.304. The van der Waals surface area contributed by atoms with Gasteiger partial charge in [0.1, 0.15) is 5.75 Å². The van der Waals surface area contributed by atoms with E-state index in [4.69, 9.17) is 5.73 Å². The molecule has 2 atom stereocenters. The van der Waals surface area contributed by atoms with Gasteiger partial charge in [-0.15, -0.1) is 0 Å². The van der Waals surface area contributed by atoms with Gasteiger partial charge in [0.25, 0.3) is 0 Å². The highest BCUT2D eigenvalue weighted by molar-refractivity contribution is 7.86. The SMILES string of the molecule is CC(CCN)S(=O)CC(=O)NC1CCCCC1. The second kappa shape index (κ2) is 7.82. The van der Waals surface area contributed by atoms with Crippen LogP contribution in [0.4, 0.5) is 0 Å². The molecule has 0 heterocycles. The Kier molecular flexibility index (Phi) is 6.73. The van der Waals surface area contributed by atoms with Gasteiger partial charge >= 0.3 is 0 Å². The van der Waals surface area contributed by atoms with E-state index < -0.39 is 10.8 Å². The van der Waals surface area contributed by atoms with Crippen molar-refractivity contribution in [3.63, 3.8) is 0 Å². The van der Waals surface area contributed by atoms with E-state index in [1.54, 1.807) is 0 Å². The number of nitrogens with two attached hydrogens (primary N) is 1. The molecule has 1 aliphatic rings. The van der Waals surface area contributed by atoms with Crippen molar-refractivity contribution < 1.29 is 9.00 Å². The summed E-state index contributed by atoms with van der Waals surface area (Å²) in [5.74, 6) is 0.0524. The number of hydrogen-bond acceptors (Lipinski definition) is 3. The lowest BCUT2D eigenvalue weighted by Crippen LogP contribution is -2.39. The Labute approximate surface area is 106 Å². The van der Waals surface area contributed by atoms with Crippen LogP contribution in [0.2, 0.25) is 0 Å². The van der Waals surface area contributed by atoms with E-state index in [2.05, 4.69) is 5.32 Å². The van der Waals surface area contributed by atoms with Crippen LogP contribution in [0.1, 0.15) is 45.4 Å². The molecule has 3 N–H and O–H groups in total. The summed E-state index contributed by atoms with van der Waals surface area (Å²) in [5.41, 5.74) is 5.41. The van der Waals surface area contributed by atoms with Gasteiger partial charge in [-0.3, -0.25) is 9.00 Å². The molecule has 5 heteroatoms. The fourth-order valence-corrected chi connectivity index (χ4v) is 3.18.